The molecule has 1 aliphatic rings. The van der Waals surface area contributed by atoms with Crippen LogP contribution in [-0.4, -0.2) is 55.9 Å². The largest absolute Gasteiger partial charge is 0.406 e. The maximum atomic E-state index is 12.4. The summed E-state index contributed by atoms with van der Waals surface area (Å²) in [4.78, 5) is 12.6. The highest BCUT2D eigenvalue weighted by molar-refractivity contribution is 5.78. The second kappa shape index (κ2) is 7.69. The fraction of sp³-hybridized carbons (Fsp3) is 0.917. The maximum absolute atomic E-state index is 12.4. The van der Waals surface area contributed by atoms with Crippen molar-refractivity contribution in [2.75, 3.05) is 32.8 Å². The van der Waals surface area contributed by atoms with E-state index in [4.69, 9.17) is 4.74 Å². The minimum Gasteiger partial charge on any atom is -0.382 e. The van der Waals surface area contributed by atoms with Gasteiger partial charge in [0.25, 0.3) is 0 Å². The zero-order valence-corrected chi connectivity index (χ0v) is 11.1. The molecule has 1 saturated carbocycles. The number of carbonyl (C=O) groups is 1. The van der Waals surface area contributed by atoms with Crippen LogP contribution >= 0.6 is 0 Å². The summed E-state index contributed by atoms with van der Waals surface area (Å²) in [7, 11) is 0. The van der Waals surface area contributed by atoms with Crippen LogP contribution in [0.1, 0.15) is 26.2 Å². The van der Waals surface area contributed by atoms with E-state index in [1.54, 1.807) is 0 Å². The van der Waals surface area contributed by atoms with Crippen molar-refractivity contribution >= 4 is 5.91 Å². The molecule has 19 heavy (non-hydrogen) atoms. The van der Waals surface area contributed by atoms with Crippen molar-refractivity contribution in [3.8, 4) is 0 Å². The molecule has 0 spiro atoms. The molecule has 1 N–H and O–H groups in total. The molecule has 0 aliphatic heterocycles. The van der Waals surface area contributed by atoms with Crippen LogP contribution in [0.3, 0.4) is 0 Å². The molecule has 7 heteroatoms. The summed E-state index contributed by atoms with van der Waals surface area (Å²) in [5.41, 5.74) is 0. The van der Waals surface area contributed by atoms with Gasteiger partial charge in [0.15, 0.2) is 0 Å². The molecular formula is C12H21F3N2O2. The Morgan fingerprint density at radius 3 is 2.63 bits per heavy atom. The van der Waals surface area contributed by atoms with Gasteiger partial charge in [-0.1, -0.05) is 0 Å². The Hall–Kier alpha value is -0.820. The first-order valence-electron chi connectivity index (χ1n) is 6.58. The maximum Gasteiger partial charge on any atom is 0.406 e. The van der Waals surface area contributed by atoms with Crippen LogP contribution < -0.4 is 5.32 Å². The SMILES string of the molecule is CCOCCCN(CC(F)(F)F)C(=O)CNC1CC1. The molecule has 0 aromatic carbocycles. The Kier molecular flexibility index (Phi) is 6.57. The third-order valence-corrected chi connectivity index (χ3v) is 2.76. The van der Waals surface area contributed by atoms with Crippen LogP contribution in [0.15, 0.2) is 0 Å². The number of carbonyl (C=O) groups excluding carboxylic acids is 1. The van der Waals surface area contributed by atoms with Gasteiger partial charge in [-0.05, 0) is 26.2 Å². The first kappa shape index (κ1) is 16.2. The first-order chi connectivity index (χ1) is 8.92. The van der Waals surface area contributed by atoms with E-state index in [0.29, 0.717) is 25.7 Å². The average Bonchev–Trinajstić information content (AvgIpc) is 3.12. The summed E-state index contributed by atoms with van der Waals surface area (Å²) in [6, 6.07) is 0.306. The number of ether oxygens (including phenoxy) is 1. The summed E-state index contributed by atoms with van der Waals surface area (Å²) in [5, 5.41) is 2.93. The highest BCUT2D eigenvalue weighted by Crippen LogP contribution is 2.19. The molecule has 0 aromatic rings. The van der Waals surface area contributed by atoms with Crippen molar-refractivity contribution in [1.82, 2.24) is 10.2 Å². The molecule has 0 saturated heterocycles. The minimum atomic E-state index is -4.36. The molecule has 0 unspecified atom stereocenters. The summed E-state index contributed by atoms with van der Waals surface area (Å²) in [5.74, 6) is -0.499. The normalized spacial score (nSPS) is 15.6. The van der Waals surface area contributed by atoms with Gasteiger partial charge in [-0.3, -0.25) is 4.79 Å². The Balaban J connectivity index is 2.34. The van der Waals surface area contributed by atoms with E-state index in [-0.39, 0.29) is 13.1 Å². The lowest BCUT2D eigenvalue weighted by Crippen LogP contribution is -2.44. The van der Waals surface area contributed by atoms with Crippen LogP contribution in [0.5, 0.6) is 0 Å². The Morgan fingerprint density at radius 1 is 1.42 bits per heavy atom. The summed E-state index contributed by atoms with van der Waals surface area (Å²) >= 11 is 0. The predicted octanol–water partition coefficient (Wildman–Crippen LogP) is 1.56. The third-order valence-electron chi connectivity index (χ3n) is 2.76. The van der Waals surface area contributed by atoms with Gasteiger partial charge in [0.05, 0.1) is 6.54 Å². The number of alkyl halides is 3. The zero-order valence-electron chi connectivity index (χ0n) is 11.1. The molecular weight excluding hydrogens is 261 g/mol. The average molecular weight is 282 g/mol. The molecule has 1 amide bonds. The second-order valence-electron chi connectivity index (χ2n) is 4.64. The number of rotatable bonds is 9. The van der Waals surface area contributed by atoms with Gasteiger partial charge >= 0.3 is 6.18 Å². The van der Waals surface area contributed by atoms with Crippen molar-refractivity contribution in [1.29, 1.82) is 0 Å². The Labute approximate surface area is 111 Å². The van der Waals surface area contributed by atoms with Crippen molar-refractivity contribution in [3.63, 3.8) is 0 Å². The molecule has 0 aromatic heterocycles. The summed E-state index contributed by atoms with van der Waals surface area (Å²) in [6.45, 7) is 1.58. The number of hydrogen-bond acceptors (Lipinski definition) is 3. The molecule has 0 heterocycles. The number of amides is 1. The molecule has 0 bridgehead atoms. The Morgan fingerprint density at radius 2 is 2.11 bits per heavy atom. The van der Waals surface area contributed by atoms with E-state index in [0.717, 1.165) is 17.7 Å². The smallest absolute Gasteiger partial charge is 0.382 e. The van der Waals surface area contributed by atoms with Crippen LogP contribution in [0.4, 0.5) is 13.2 Å². The summed E-state index contributed by atoms with van der Waals surface area (Å²) in [6.07, 6.45) is -1.95. The van der Waals surface area contributed by atoms with Gasteiger partial charge in [0.1, 0.15) is 6.54 Å². The van der Waals surface area contributed by atoms with Gasteiger partial charge in [0, 0.05) is 25.8 Å². The van der Waals surface area contributed by atoms with E-state index in [1.165, 1.54) is 0 Å². The lowest BCUT2D eigenvalue weighted by molar-refractivity contribution is -0.161. The van der Waals surface area contributed by atoms with Crippen LogP contribution in [-0.2, 0) is 9.53 Å². The van der Waals surface area contributed by atoms with E-state index < -0.39 is 18.6 Å². The lowest BCUT2D eigenvalue weighted by atomic mass is 10.3. The van der Waals surface area contributed by atoms with E-state index in [1.807, 2.05) is 6.92 Å². The van der Waals surface area contributed by atoms with E-state index in [2.05, 4.69) is 5.32 Å². The number of hydrogen-bond donors (Lipinski definition) is 1. The van der Waals surface area contributed by atoms with E-state index >= 15 is 0 Å². The van der Waals surface area contributed by atoms with E-state index in [9.17, 15) is 18.0 Å². The number of nitrogens with one attached hydrogen (secondary N) is 1. The monoisotopic (exact) mass is 282 g/mol. The molecule has 0 atom stereocenters. The van der Waals surface area contributed by atoms with Crippen LogP contribution in [0, 0.1) is 0 Å². The fourth-order valence-corrected chi connectivity index (χ4v) is 1.64. The van der Waals surface area contributed by atoms with Gasteiger partial charge in [-0.25, -0.2) is 0 Å². The molecule has 1 fully saturated rings. The minimum absolute atomic E-state index is 0.0185. The van der Waals surface area contributed by atoms with Gasteiger partial charge in [0.2, 0.25) is 5.91 Å². The highest BCUT2D eigenvalue weighted by Gasteiger charge is 2.33. The van der Waals surface area contributed by atoms with Gasteiger partial charge < -0.3 is 15.0 Å². The molecule has 1 rings (SSSR count). The quantitative estimate of drug-likeness (QED) is 0.653. The fourth-order valence-electron chi connectivity index (χ4n) is 1.64. The number of halogens is 3. The van der Waals surface area contributed by atoms with Crippen molar-refractivity contribution in [2.24, 2.45) is 0 Å². The standard InChI is InChI=1S/C12H21F3N2O2/c1-2-19-7-3-6-17(9-12(13,14)15)11(18)8-16-10-4-5-10/h10,16H,2-9H2,1H3. The van der Waals surface area contributed by atoms with Crippen molar-refractivity contribution < 1.29 is 22.7 Å². The van der Waals surface area contributed by atoms with Crippen molar-refractivity contribution in [2.45, 2.75) is 38.4 Å². The van der Waals surface area contributed by atoms with Crippen LogP contribution in [0.2, 0.25) is 0 Å². The third kappa shape index (κ3) is 8.05. The molecule has 1 aliphatic carbocycles. The lowest BCUT2D eigenvalue weighted by Gasteiger charge is -2.24. The highest BCUT2D eigenvalue weighted by atomic mass is 19.4. The number of nitrogens with zero attached hydrogens (tertiary/aromatic N) is 1. The second-order valence-corrected chi connectivity index (χ2v) is 4.64. The molecule has 4 nitrogen and oxygen atoms in total. The van der Waals surface area contributed by atoms with Crippen molar-refractivity contribution in [3.05, 3.63) is 0 Å². The van der Waals surface area contributed by atoms with Crippen LogP contribution in [0.25, 0.3) is 0 Å². The van der Waals surface area contributed by atoms with Gasteiger partial charge in [-0.15, -0.1) is 0 Å². The first-order valence-corrected chi connectivity index (χ1v) is 6.58. The molecule has 0 radical (unpaired) electrons. The van der Waals surface area contributed by atoms with Gasteiger partial charge in [-0.2, -0.15) is 13.2 Å². The topological polar surface area (TPSA) is 41.6 Å². The Bertz CT molecular complexity index is 281. The predicted molar refractivity (Wildman–Crippen MR) is 64.8 cm³/mol. The zero-order chi connectivity index (χ0) is 14.3. The molecule has 112 valence electrons. The summed E-state index contributed by atoms with van der Waals surface area (Å²) < 4.78 is 42.3.